The van der Waals surface area contributed by atoms with Crippen LogP contribution in [-0.4, -0.2) is 0 Å². The van der Waals surface area contributed by atoms with Crippen molar-refractivity contribution in [3.63, 3.8) is 0 Å². The van der Waals surface area contributed by atoms with Gasteiger partial charge in [0.05, 0.1) is 54.0 Å². The highest BCUT2D eigenvalue weighted by Crippen LogP contribution is 2.50. The molecule has 1 atom stereocenters. The summed E-state index contributed by atoms with van der Waals surface area (Å²) in [4.78, 5) is 14.8. The van der Waals surface area contributed by atoms with Crippen LogP contribution in [0.4, 0.5) is 22.7 Å². The van der Waals surface area contributed by atoms with Crippen LogP contribution in [0.2, 0.25) is 0 Å². The molecular formula is C122H112N8O4+4. The molecule has 0 radical (unpaired) electrons. The molecule has 0 amide bonds. The Labute approximate surface area is 811 Å². The van der Waals surface area contributed by atoms with E-state index >= 15 is 0 Å². The van der Waals surface area contributed by atoms with Crippen molar-refractivity contribution in [3.8, 4) is 89.5 Å². The number of hydrogen-bond donors (Lipinski definition) is 0. The summed E-state index contributed by atoms with van der Waals surface area (Å²) in [6.07, 6.45) is -3.33. The van der Waals surface area contributed by atoms with Gasteiger partial charge in [0, 0.05) is 137 Å². The third kappa shape index (κ3) is 16.7. The predicted molar refractivity (Wildman–Crippen MR) is 551 cm³/mol. The van der Waals surface area contributed by atoms with E-state index < -0.39 is 45.1 Å². The number of fused-ring (bicyclic) bond motifs is 12. The second kappa shape index (κ2) is 37.0. The molecule has 20 rings (SSSR count). The Morgan fingerprint density at radius 1 is 0.343 bits per heavy atom. The highest BCUT2D eigenvalue weighted by molar-refractivity contribution is 6.20. The lowest BCUT2D eigenvalue weighted by Gasteiger charge is -2.14. The lowest BCUT2D eigenvalue weighted by molar-refractivity contribution is -0.667. The van der Waals surface area contributed by atoms with Crippen molar-refractivity contribution in [3.05, 3.63) is 379 Å². The van der Waals surface area contributed by atoms with E-state index in [-0.39, 0.29) is 63.7 Å². The average Bonchev–Trinajstić information content (AvgIpc) is 1.09. The van der Waals surface area contributed by atoms with Gasteiger partial charge in [-0.05, 0) is 228 Å². The first-order valence-electron chi connectivity index (χ1n) is 53.4. The van der Waals surface area contributed by atoms with Crippen molar-refractivity contribution < 1.29 is 60.6 Å². The second-order valence-corrected chi connectivity index (χ2v) is 35.0. The summed E-state index contributed by atoms with van der Waals surface area (Å²) in [7, 11) is 7.24. The SMILES string of the molecule is [2H]C([2H])(c1cc(C)[n+](C)c(-c2c(C)cc(-c3ccccc3)c3c2oc2ccc([N+]#[C-])cc23)c1)C(C)C.[2H]c1c(C([2H])(C)C([2H])([2H])[2H])c(C([2H])([2H])[2H])c(C)[n+](C)c1-c1c(C)ccc2c1oc1cc(-c3ccccc3)c([N+]#[C-])cc12.[2H]c1c(C([2H])([2H])C(C)C)c([2H])c(-c2c(C)cc(-c3ccccc3)c3c2oc2ccc([N+]#[C-])cc23)[n+](C)c1C.[2H]c1c(C)c(C([2H])([2H])[2H])c(C)[n+](C)c1-c1c(C)ccc2c1oc1cc(-c3ccccc3)c([N+]#[C-])cc12. The minimum Gasteiger partial charge on any atom is -0.455 e. The molecule has 0 saturated carbocycles. The third-order valence-electron chi connectivity index (χ3n) is 25.4. The van der Waals surface area contributed by atoms with Gasteiger partial charge in [-0.3, -0.25) is 0 Å². The topological polar surface area (TPSA) is 85.5 Å². The van der Waals surface area contributed by atoms with Crippen LogP contribution in [0.5, 0.6) is 0 Å². The number of furan rings is 4. The van der Waals surface area contributed by atoms with Crippen molar-refractivity contribution >= 4 is 111 Å². The lowest BCUT2D eigenvalue weighted by atomic mass is 9.91. The van der Waals surface area contributed by atoms with Gasteiger partial charge in [-0.2, -0.15) is 18.3 Å². The molecule has 12 nitrogen and oxygen atoms in total. The molecule has 0 aliphatic heterocycles. The molecule has 134 heavy (non-hydrogen) atoms. The molecule has 1 unspecified atom stereocenters. The summed E-state index contributed by atoms with van der Waals surface area (Å²) in [5.74, 6) is -2.97. The number of rotatable bonds is 13. The van der Waals surface area contributed by atoms with E-state index in [0.717, 1.165) is 129 Å². The largest absolute Gasteiger partial charge is 0.455 e. The van der Waals surface area contributed by atoms with Gasteiger partial charge in [0.25, 0.3) is 0 Å². The van der Waals surface area contributed by atoms with Crippen molar-refractivity contribution in [2.24, 2.45) is 40.0 Å². The summed E-state index contributed by atoms with van der Waals surface area (Å²) < 4.78 is 186. The van der Waals surface area contributed by atoms with Crippen molar-refractivity contribution in [1.82, 2.24) is 0 Å². The summed E-state index contributed by atoms with van der Waals surface area (Å²) in [6, 6.07) is 73.5. The molecule has 8 heterocycles. The maximum atomic E-state index is 9.27. The Morgan fingerprint density at radius 2 is 0.746 bits per heavy atom. The summed E-state index contributed by atoms with van der Waals surface area (Å²) in [6.45, 7) is 47.9. The maximum absolute atomic E-state index is 9.27. The van der Waals surface area contributed by atoms with Crippen LogP contribution >= 0.6 is 0 Å². The van der Waals surface area contributed by atoms with Crippen LogP contribution in [0.15, 0.2) is 272 Å². The number of nitrogens with zero attached hydrogens (tertiary/aromatic N) is 8. The molecule has 0 aliphatic rings. The zero-order valence-corrected chi connectivity index (χ0v) is 78.3. The van der Waals surface area contributed by atoms with Crippen LogP contribution in [0, 0.1) is 114 Å². The molecule has 20 aromatic rings. The predicted octanol–water partition coefficient (Wildman–Crippen LogP) is 32.1. The van der Waals surface area contributed by atoms with E-state index in [2.05, 4.69) is 55.1 Å². The number of benzene rings is 12. The van der Waals surface area contributed by atoms with Gasteiger partial charge >= 0.3 is 0 Å². The van der Waals surface area contributed by atoms with E-state index in [1.165, 1.54) is 0 Å². The van der Waals surface area contributed by atoms with Gasteiger partial charge in [-0.25, -0.2) is 19.4 Å². The van der Waals surface area contributed by atoms with E-state index in [4.69, 9.17) is 65.9 Å². The van der Waals surface area contributed by atoms with E-state index in [1.807, 2.05) is 238 Å². The molecule has 0 saturated heterocycles. The second-order valence-electron chi connectivity index (χ2n) is 35.0. The highest BCUT2D eigenvalue weighted by Gasteiger charge is 2.32. The summed E-state index contributed by atoms with van der Waals surface area (Å²) in [5.41, 5.74) is 26.2. The molecule has 8 aromatic heterocycles. The Hall–Kier alpha value is -15.6. The molecule has 12 heteroatoms. The monoisotopic (exact) mass is 1770 g/mol. The maximum Gasteiger partial charge on any atom is 0.216 e. The minimum absolute atomic E-state index is 0.0130. The number of aromatic nitrogens is 4. The van der Waals surface area contributed by atoms with Crippen LogP contribution < -0.4 is 18.3 Å². The van der Waals surface area contributed by atoms with Gasteiger partial charge < -0.3 is 17.7 Å². The van der Waals surface area contributed by atoms with E-state index in [1.54, 1.807) is 93.6 Å². The normalized spacial score (nSPS) is 14.3. The molecule has 660 valence electrons. The van der Waals surface area contributed by atoms with Crippen LogP contribution in [0.3, 0.4) is 0 Å². The zero-order valence-electron chi connectivity index (χ0n) is 96.3. The quantitative estimate of drug-likeness (QED) is 0.0850. The van der Waals surface area contributed by atoms with Gasteiger partial charge in [0.15, 0.2) is 45.5 Å². The Morgan fingerprint density at radius 3 is 1.18 bits per heavy atom. The fourth-order valence-corrected chi connectivity index (χ4v) is 18.2. The zero-order chi connectivity index (χ0) is 110. The first kappa shape index (κ1) is 70.3. The number of pyridine rings is 4. The number of hydrogen-bond acceptors (Lipinski definition) is 4. The van der Waals surface area contributed by atoms with Crippen molar-refractivity contribution in [2.75, 3.05) is 0 Å². The molecule has 0 aliphatic carbocycles. The van der Waals surface area contributed by atoms with Crippen molar-refractivity contribution in [2.45, 2.75) is 136 Å². The highest BCUT2D eigenvalue weighted by atomic mass is 16.3. The molecule has 0 fully saturated rings. The molecule has 0 spiro atoms. The minimum atomic E-state index is -2.91. The standard InChI is InChI=1S/3C31H29N2O.C29H25N2O/c1-18(2)24-16-28(33(7)21(5)20(24)4)30-19(3)13-14-23-26-15-27(32-6)25(17-29(26)34-31(23)30)22-11-9-8-10-12-22;2*1-19(2)14-22-16-21(4)33(6)27(17-22)29-20(3)15-25(23-10-8-7-9-11-23)30-26-18-24(32-5)12-13-28(26)34-31(29)30;1-17-12-13-22-24-15-25(30-5)23(21-10-8-7-9-11-21)16-27(24)32-29(22)28(17)26-14-18(2)19(3)20(4)31(26)6/h8-18H,1-5,7H3;2*7-13,15-19H,14H2,1-4,6H3;7-16H,1-4,6H3/q4*+1/i1D3,4D3,16D,18D;14D2,16D,17D;14D2;3D3,14D. The molecule has 12 aromatic carbocycles. The van der Waals surface area contributed by atoms with Crippen LogP contribution in [-0.2, 0) is 40.9 Å². The number of aryl methyl sites for hydroxylation is 5. The van der Waals surface area contributed by atoms with Gasteiger partial charge in [-0.1, -0.05) is 199 Å². The van der Waals surface area contributed by atoms with Crippen LogP contribution in [0.25, 0.3) is 197 Å². The molecular weight excluding hydrogens is 1640 g/mol. The van der Waals surface area contributed by atoms with Crippen molar-refractivity contribution in [1.29, 1.82) is 0 Å². The van der Waals surface area contributed by atoms with Gasteiger partial charge in [0.1, 0.15) is 72.9 Å². The molecule has 0 bridgehead atoms. The summed E-state index contributed by atoms with van der Waals surface area (Å²) in [5, 5.41) is 6.62. The van der Waals surface area contributed by atoms with Gasteiger partial charge in [0.2, 0.25) is 22.8 Å². The fourth-order valence-electron chi connectivity index (χ4n) is 18.2. The Bertz CT molecular complexity index is 9200. The Balaban J connectivity index is 0.000000138. The van der Waals surface area contributed by atoms with E-state index in [0.29, 0.717) is 123 Å². The fraction of sp³-hybridized carbons (Fsp3) is 0.213. The van der Waals surface area contributed by atoms with Gasteiger partial charge in [-0.15, -0.1) is 0 Å². The Kier molecular flexibility index (Phi) is 19.4. The molecule has 0 N–H and O–H groups in total. The summed E-state index contributed by atoms with van der Waals surface area (Å²) >= 11 is 0. The lowest BCUT2D eigenvalue weighted by Crippen LogP contribution is -2.36. The average molecular weight is 1770 g/mol. The first-order chi connectivity index (χ1) is 71.7. The van der Waals surface area contributed by atoms with E-state index in [9.17, 15) is 2.74 Å². The third-order valence-corrected chi connectivity index (χ3v) is 25.4. The first-order valence-corrected chi connectivity index (χ1v) is 44.4. The van der Waals surface area contributed by atoms with Crippen LogP contribution in [0.1, 0.15) is 150 Å². The smallest absolute Gasteiger partial charge is 0.216 e.